The van der Waals surface area contributed by atoms with Crippen molar-refractivity contribution < 1.29 is 9.90 Å². The minimum atomic E-state index is -0.261. The highest BCUT2D eigenvalue weighted by molar-refractivity contribution is 6.02. The fourth-order valence-electron chi connectivity index (χ4n) is 5.04. The van der Waals surface area contributed by atoms with Crippen LogP contribution in [0.5, 0.6) is 0 Å². The second-order valence-electron chi connectivity index (χ2n) is 8.23. The molecule has 0 fully saturated rings. The normalized spacial score (nSPS) is 15.6. The Labute approximate surface area is 185 Å². The van der Waals surface area contributed by atoms with Gasteiger partial charge in [-0.2, -0.15) is 0 Å². The average molecular weight is 418 g/mol. The number of rotatable bonds is 4. The second-order valence-corrected chi connectivity index (χ2v) is 8.23. The molecule has 0 bridgehead atoms. The summed E-state index contributed by atoms with van der Waals surface area (Å²) in [4.78, 5) is 18.7. The number of aromatic amines is 1. The summed E-state index contributed by atoms with van der Waals surface area (Å²) >= 11 is 0. The van der Waals surface area contributed by atoms with E-state index < -0.39 is 0 Å². The second kappa shape index (κ2) is 7.36. The monoisotopic (exact) mass is 418 g/mol. The lowest BCUT2D eigenvalue weighted by molar-refractivity contribution is 0.0713. The average Bonchev–Trinajstić information content (AvgIpc) is 3.35. The minimum Gasteiger partial charge on any atom is -0.395 e. The van der Waals surface area contributed by atoms with Crippen molar-refractivity contribution in [2.45, 2.75) is 6.04 Å². The van der Waals surface area contributed by atoms with E-state index in [-0.39, 0.29) is 25.1 Å². The van der Waals surface area contributed by atoms with E-state index >= 15 is 0 Å². The Kier molecular flexibility index (Phi) is 4.33. The van der Waals surface area contributed by atoms with E-state index in [1.807, 2.05) is 48.5 Å². The zero-order chi connectivity index (χ0) is 21.7. The van der Waals surface area contributed by atoms with Crippen molar-refractivity contribution >= 4 is 27.6 Å². The Bertz CT molecular complexity index is 1480. The molecule has 0 unspecified atom stereocenters. The SMILES string of the molecule is O=C1c2ccccc2[C@H](c2c(-c3ccc4ccccc4c3)[nH]c3ccccc23)N1CCO. The molecular formula is C28H22N2O2. The molecule has 4 heteroatoms. The molecule has 4 nitrogen and oxygen atoms in total. The van der Waals surface area contributed by atoms with E-state index in [4.69, 9.17) is 0 Å². The third kappa shape index (κ3) is 2.77. The number of nitrogens with zero attached hydrogens (tertiary/aromatic N) is 1. The summed E-state index contributed by atoms with van der Waals surface area (Å²) in [6.07, 6.45) is 0. The van der Waals surface area contributed by atoms with Crippen molar-refractivity contribution in [3.8, 4) is 11.3 Å². The maximum atomic E-state index is 13.3. The van der Waals surface area contributed by atoms with Crippen molar-refractivity contribution in [2.75, 3.05) is 13.2 Å². The zero-order valence-electron chi connectivity index (χ0n) is 17.5. The van der Waals surface area contributed by atoms with E-state index in [2.05, 4.69) is 47.4 Å². The highest BCUT2D eigenvalue weighted by Crippen LogP contribution is 2.45. The third-order valence-corrected chi connectivity index (χ3v) is 6.46. The van der Waals surface area contributed by atoms with Crippen LogP contribution in [0.3, 0.4) is 0 Å². The number of hydrogen-bond acceptors (Lipinski definition) is 2. The lowest BCUT2D eigenvalue weighted by Gasteiger charge is -2.26. The van der Waals surface area contributed by atoms with Crippen LogP contribution >= 0.6 is 0 Å². The van der Waals surface area contributed by atoms with Gasteiger partial charge in [0.25, 0.3) is 5.91 Å². The summed E-state index contributed by atoms with van der Waals surface area (Å²) in [5.74, 6) is -0.0330. The highest BCUT2D eigenvalue weighted by atomic mass is 16.3. The van der Waals surface area contributed by atoms with Gasteiger partial charge in [-0.1, -0.05) is 72.8 Å². The summed E-state index contributed by atoms with van der Waals surface area (Å²) in [6, 6.07) is 30.5. The molecular weight excluding hydrogens is 396 g/mol. The van der Waals surface area contributed by atoms with Crippen LogP contribution in [-0.2, 0) is 0 Å². The number of para-hydroxylation sites is 1. The molecule has 0 saturated heterocycles. The molecule has 0 radical (unpaired) electrons. The maximum absolute atomic E-state index is 13.3. The van der Waals surface area contributed by atoms with E-state index in [0.29, 0.717) is 5.56 Å². The molecule has 1 aliphatic heterocycles. The standard InChI is InChI=1S/C28H22N2O2/c31-16-15-30-27(21-9-3-4-10-22(21)28(30)32)25-23-11-5-6-12-24(23)29-26(25)20-14-13-18-7-1-2-8-19(18)17-20/h1-14,17,27,29,31H,15-16H2/t27-/m1/s1. The number of hydrogen-bond donors (Lipinski definition) is 2. The molecule has 0 saturated carbocycles. The summed E-state index contributed by atoms with van der Waals surface area (Å²) in [6.45, 7) is 0.207. The third-order valence-electron chi connectivity index (χ3n) is 6.46. The minimum absolute atomic E-state index is 0.0330. The van der Waals surface area contributed by atoms with Crippen molar-refractivity contribution in [2.24, 2.45) is 0 Å². The molecule has 156 valence electrons. The molecule has 2 N–H and O–H groups in total. The Morgan fingerprint density at radius 3 is 2.47 bits per heavy atom. The number of aliphatic hydroxyl groups excluding tert-OH is 1. The van der Waals surface area contributed by atoms with Crippen LogP contribution in [0.1, 0.15) is 27.5 Å². The number of nitrogens with one attached hydrogen (secondary N) is 1. The van der Waals surface area contributed by atoms with Crippen LogP contribution in [0.2, 0.25) is 0 Å². The lowest BCUT2D eigenvalue weighted by Crippen LogP contribution is -2.31. The van der Waals surface area contributed by atoms with E-state index in [9.17, 15) is 9.90 Å². The number of fused-ring (bicyclic) bond motifs is 3. The van der Waals surface area contributed by atoms with Gasteiger partial charge in [-0.25, -0.2) is 0 Å². The topological polar surface area (TPSA) is 56.3 Å². The van der Waals surface area contributed by atoms with Gasteiger partial charge in [-0.05, 0) is 40.1 Å². The molecule has 6 rings (SSSR count). The van der Waals surface area contributed by atoms with Gasteiger partial charge in [-0.3, -0.25) is 4.79 Å². The number of amides is 1. The lowest BCUT2D eigenvalue weighted by atomic mass is 9.92. The van der Waals surface area contributed by atoms with Gasteiger partial charge in [-0.15, -0.1) is 0 Å². The molecule has 1 aromatic heterocycles. The first-order valence-electron chi connectivity index (χ1n) is 10.9. The van der Waals surface area contributed by atoms with E-state index in [1.54, 1.807) is 4.90 Å². The van der Waals surface area contributed by atoms with Crippen molar-refractivity contribution in [1.82, 2.24) is 9.88 Å². The molecule has 1 amide bonds. The Morgan fingerprint density at radius 1 is 0.844 bits per heavy atom. The quantitative estimate of drug-likeness (QED) is 0.403. The molecule has 1 atom stereocenters. The number of benzene rings is 4. The van der Waals surface area contributed by atoms with Crippen LogP contribution in [0.4, 0.5) is 0 Å². The molecule has 1 aliphatic rings. The zero-order valence-corrected chi connectivity index (χ0v) is 17.5. The predicted octanol–water partition coefficient (Wildman–Crippen LogP) is 5.53. The number of carbonyl (C=O) groups is 1. The maximum Gasteiger partial charge on any atom is 0.255 e. The first-order valence-corrected chi connectivity index (χ1v) is 10.9. The highest BCUT2D eigenvalue weighted by Gasteiger charge is 2.39. The van der Waals surface area contributed by atoms with Gasteiger partial charge in [0.05, 0.1) is 18.3 Å². The number of carbonyl (C=O) groups excluding carboxylic acids is 1. The van der Waals surface area contributed by atoms with Gasteiger partial charge < -0.3 is 15.0 Å². The van der Waals surface area contributed by atoms with Crippen molar-refractivity contribution in [1.29, 1.82) is 0 Å². The van der Waals surface area contributed by atoms with E-state index in [0.717, 1.165) is 33.3 Å². The van der Waals surface area contributed by atoms with Crippen molar-refractivity contribution in [3.05, 3.63) is 108 Å². The molecule has 5 aromatic rings. The summed E-state index contributed by atoms with van der Waals surface area (Å²) in [5.41, 5.74) is 5.89. The first kappa shape index (κ1) is 18.8. The molecule has 2 heterocycles. The molecule has 0 spiro atoms. The molecule has 32 heavy (non-hydrogen) atoms. The van der Waals surface area contributed by atoms with Gasteiger partial charge in [0.1, 0.15) is 0 Å². The van der Waals surface area contributed by atoms with Gasteiger partial charge in [0, 0.05) is 28.6 Å². The fraction of sp³-hybridized carbons (Fsp3) is 0.107. The Morgan fingerprint density at radius 2 is 1.59 bits per heavy atom. The number of aliphatic hydroxyl groups is 1. The number of β-amino-alcohol motifs (C(OH)–C–C–N with tert-alkyl or cyclic N) is 1. The molecule has 0 aliphatic carbocycles. The van der Waals surface area contributed by atoms with E-state index in [1.165, 1.54) is 10.8 Å². The Hall–Kier alpha value is -3.89. The van der Waals surface area contributed by atoms with Crippen LogP contribution < -0.4 is 0 Å². The van der Waals surface area contributed by atoms with Gasteiger partial charge in [0.15, 0.2) is 0 Å². The Balaban J connectivity index is 1.64. The first-order chi connectivity index (χ1) is 15.8. The van der Waals surface area contributed by atoms with Crippen molar-refractivity contribution in [3.63, 3.8) is 0 Å². The number of aromatic nitrogens is 1. The summed E-state index contributed by atoms with van der Waals surface area (Å²) in [7, 11) is 0. The predicted molar refractivity (Wildman–Crippen MR) is 128 cm³/mol. The van der Waals surface area contributed by atoms with Crippen LogP contribution in [-0.4, -0.2) is 34.0 Å². The number of H-pyrrole nitrogens is 1. The fourth-order valence-corrected chi connectivity index (χ4v) is 5.04. The van der Waals surface area contributed by atoms with Gasteiger partial charge >= 0.3 is 0 Å². The van der Waals surface area contributed by atoms with Gasteiger partial charge in [0.2, 0.25) is 0 Å². The van der Waals surface area contributed by atoms with Crippen LogP contribution in [0.25, 0.3) is 32.9 Å². The molecule has 4 aromatic carbocycles. The summed E-state index contributed by atoms with van der Waals surface area (Å²) < 4.78 is 0. The smallest absolute Gasteiger partial charge is 0.255 e. The summed E-state index contributed by atoms with van der Waals surface area (Å²) in [5, 5.41) is 13.2. The van der Waals surface area contributed by atoms with Crippen LogP contribution in [0, 0.1) is 0 Å². The van der Waals surface area contributed by atoms with Crippen LogP contribution in [0.15, 0.2) is 91.0 Å². The largest absolute Gasteiger partial charge is 0.395 e.